The van der Waals surface area contributed by atoms with Crippen molar-refractivity contribution in [2.24, 2.45) is 4.99 Å². The van der Waals surface area contributed by atoms with E-state index in [1.807, 2.05) is 0 Å². The highest BCUT2D eigenvalue weighted by atomic mass is 16.5. The highest BCUT2D eigenvalue weighted by molar-refractivity contribution is 5.79. The first-order valence-corrected chi connectivity index (χ1v) is 11.4. The lowest BCUT2D eigenvalue weighted by atomic mass is 10.1. The second kappa shape index (κ2) is 12.2. The van der Waals surface area contributed by atoms with E-state index >= 15 is 0 Å². The lowest BCUT2D eigenvalue weighted by molar-refractivity contribution is 0.0341. The molecule has 2 aliphatic heterocycles. The molecule has 0 aromatic heterocycles. The number of hydrogen-bond donors (Lipinski definition) is 2. The first-order chi connectivity index (χ1) is 14.3. The Bertz CT molecular complexity index is 623. The Labute approximate surface area is 176 Å². The Balaban J connectivity index is 1.59. The minimum Gasteiger partial charge on any atom is -0.379 e. The lowest BCUT2D eigenvalue weighted by Crippen LogP contribution is -2.46. The summed E-state index contributed by atoms with van der Waals surface area (Å²) in [6, 6.07) is 9.29. The summed E-state index contributed by atoms with van der Waals surface area (Å²) in [5.41, 5.74) is 2.68. The lowest BCUT2D eigenvalue weighted by Gasteiger charge is -2.27. The number of morpholine rings is 1. The summed E-state index contributed by atoms with van der Waals surface area (Å²) in [5.74, 6) is 0.923. The monoisotopic (exact) mass is 401 g/mol. The van der Waals surface area contributed by atoms with Crippen molar-refractivity contribution in [3.8, 4) is 0 Å². The number of ether oxygens (including phenoxy) is 1. The molecule has 2 saturated heterocycles. The molecule has 1 aromatic rings. The van der Waals surface area contributed by atoms with Gasteiger partial charge in [-0.3, -0.25) is 9.80 Å². The normalized spacial score (nSPS) is 20.0. The van der Waals surface area contributed by atoms with Gasteiger partial charge in [0, 0.05) is 38.8 Å². The van der Waals surface area contributed by atoms with Crippen molar-refractivity contribution in [1.82, 2.24) is 20.4 Å². The molecular weight excluding hydrogens is 362 g/mol. The van der Waals surface area contributed by atoms with Gasteiger partial charge in [-0.05, 0) is 50.4 Å². The van der Waals surface area contributed by atoms with E-state index in [2.05, 4.69) is 58.5 Å². The summed E-state index contributed by atoms with van der Waals surface area (Å²) in [7, 11) is 0. The molecule has 0 aliphatic carbocycles. The maximum Gasteiger partial charge on any atom is 0.191 e. The number of nitrogens with one attached hydrogen (secondary N) is 2. The van der Waals surface area contributed by atoms with Crippen molar-refractivity contribution in [2.75, 3.05) is 52.5 Å². The molecule has 1 unspecified atom stereocenters. The van der Waals surface area contributed by atoms with Crippen LogP contribution in [0.2, 0.25) is 0 Å². The van der Waals surface area contributed by atoms with E-state index < -0.39 is 0 Å². The molecule has 6 nitrogen and oxygen atoms in total. The van der Waals surface area contributed by atoms with E-state index in [-0.39, 0.29) is 0 Å². The van der Waals surface area contributed by atoms with E-state index in [4.69, 9.17) is 9.73 Å². The third-order valence-corrected chi connectivity index (χ3v) is 6.00. The third-order valence-electron chi connectivity index (χ3n) is 6.00. The van der Waals surface area contributed by atoms with Gasteiger partial charge in [0.1, 0.15) is 0 Å². The Hall–Kier alpha value is -1.63. The molecule has 2 fully saturated rings. The van der Waals surface area contributed by atoms with Crippen molar-refractivity contribution >= 4 is 5.96 Å². The summed E-state index contributed by atoms with van der Waals surface area (Å²) >= 11 is 0. The van der Waals surface area contributed by atoms with Crippen molar-refractivity contribution in [3.05, 3.63) is 35.4 Å². The quantitative estimate of drug-likeness (QED) is 0.492. The van der Waals surface area contributed by atoms with Gasteiger partial charge in [0.25, 0.3) is 0 Å². The standard InChI is InChI=1S/C23H39N5O/c1-3-22(28-11-7-8-12-28)18-26-23(24-4-2)25-17-20-9-5-6-10-21(20)19-27-13-15-29-16-14-27/h5-6,9-10,22H,3-4,7-8,11-19H2,1-2H3,(H2,24,25,26). The average molecular weight is 402 g/mol. The number of benzene rings is 1. The van der Waals surface area contributed by atoms with Crippen LogP contribution in [0.5, 0.6) is 0 Å². The number of hydrogen-bond acceptors (Lipinski definition) is 4. The number of nitrogens with zero attached hydrogens (tertiary/aromatic N) is 3. The number of likely N-dealkylation sites (tertiary alicyclic amines) is 1. The van der Waals surface area contributed by atoms with Crippen molar-refractivity contribution in [2.45, 2.75) is 52.2 Å². The predicted molar refractivity (Wildman–Crippen MR) is 120 cm³/mol. The van der Waals surface area contributed by atoms with E-state index in [0.29, 0.717) is 12.6 Å². The summed E-state index contributed by atoms with van der Waals surface area (Å²) in [6.07, 6.45) is 3.85. The largest absolute Gasteiger partial charge is 0.379 e. The zero-order chi connectivity index (χ0) is 20.3. The zero-order valence-electron chi connectivity index (χ0n) is 18.3. The number of aliphatic imine (C=N–C) groups is 1. The van der Waals surface area contributed by atoms with Crippen LogP contribution in [0, 0.1) is 0 Å². The fourth-order valence-corrected chi connectivity index (χ4v) is 4.23. The van der Waals surface area contributed by atoms with Gasteiger partial charge in [-0.25, -0.2) is 4.99 Å². The van der Waals surface area contributed by atoms with Crippen molar-refractivity contribution in [1.29, 1.82) is 0 Å². The molecule has 6 heteroatoms. The minimum atomic E-state index is 0.593. The molecule has 29 heavy (non-hydrogen) atoms. The van der Waals surface area contributed by atoms with Crippen LogP contribution in [0.4, 0.5) is 0 Å². The molecule has 2 heterocycles. The molecule has 2 N–H and O–H groups in total. The van der Waals surface area contributed by atoms with Gasteiger partial charge >= 0.3 is 0 Å². The fourth-order valence-electron chi connectivity index (χ4n) is 4.23. The summed E-state index contributed by atoms with van der Waals surface area (Å²) in [4.78, 5) is 9.99. The SMILES string of the molecule is CCNC(=NCc1ccccc1CN1CCOCC1)NCC(CC)N1CCCC1. The van der Waals surface area contributed by atoms with Crippen LogP contribution in [0.1, 0.15) is 44.2 Å². The molecule has 0 radical (unpaired) electrons. The molecule has 0 bridgehead atoms. The summed E-state index contributed by atoms with van der Waals surface area (Å²) < 4.78 is 5.48. The fraction of sp³-hybridized carbons (Fsp3) is 0.696. The Morgan fingerprint density at radius 2 is 1.76 bits per heavy atom. The molecule has 162 valence electrons. The number of rotatable bonds is 9. The Kier molecular flexibility index (Phi) is 9.25. The topological polar surface area (TPSA) is 52.1 Å². The van der Waals surface area contributed by atoms with Gasteiger partial charge in [0.05, 0.1) is 19.8 Å². The predicted octanol–water partition coefficient (Wildman–Crippen LogP) is 2.45. The number of guanidine groups is 1. The minimum absolute atomic E-state index is 0.593. The van der Waals surface area contributed by atoms with E-state index in [1.54, 1.807) is 0 Å². The van der Waals surface area contributed by atoms with Crippen LogP contribution >= 0.6 is 0 Å². The highest BCUT2D eigenvalue weighted by Crippen LogP contribution is 2.15. The van der Waals surface area contributed by atoms with Crippen LogP contribution in [0.15, 0.2) is 29.3 Å². The third kappa shape index (κ3) is 6.98. The molecule has 1 atom stereocenters. The van der Waals surface area contributed by atoms with Gasteiger partial charge in [-0.2, -0.15) is 0 Å². The van der Waals surface area contributed by atoms with Gasteiger partial charge < -0.3 is 15.4 Å². The second-order valence-corrected chi connectivity index (χ2v) is 8.04. The molecule has 2 aliphatic rings. The van der Waals surface area contributed by atoms with E-state index in [1.165, 1.54) is 43.5 Å². The molecule has 0 saturated carbocycles. The van der Waals surface area contributed by atoms with Gasteiger partial charge in [0.15, 0.2) is 5.96 Å². The second-order valence-electron chi connectivity index (χ2n) is 8.04. The smallest absolute Gasteiger partial charge is 0.191 e. The maximum atomic E-state index is 5.48. The molecule has 0 amide bonds. The average Bonchev–Trinajstić information content (AvgIpc) is 3.29. The van der Waals surface area contributed by atoms with Crippen LogP contribution in [0.25, 0.3) is 0 Å². The molecule has 3 rings (SSSR count). The van der Waals surface area contributed by atoms with Crippen molar-refractivity contribution < 1.29 is 4.74 Å². The van der Waals surface area contributed by atoms with Crippen molar-refractivity contribution in [3.63, 3.8) is 0 Å². The van der Waals surface area contributed by atoms with E-state index in [9.17, 15) is 0 Å². The first-order valence-electron chi connectivity index (χ1n) is 11.4. The van der Waals surface area contributed by atoms with E-state index in [0.717, 1.165) is 51.9 Å². The highest BCUT2D eigenvalue weighted by Gasteiger charge is 2.20. The molecule has 0 spiro atoms. The maximum absolute atomic E-state index is 5.48. The van der Waals surface area contributed by atoms with Crippen LogP contribution in [-0.2, 0) is 17.8 Å². The molecule has 1 aromatic carbocycles. The Morgan fingerprint density at radius 3 is 2.45 bits per heavy atom. The summed E-state index contributed by atoms with van der Waals surface area (Å²) in [6.45, 7) is 14.1. The van der Waals surface area contributed by atoms with Gasteiger partial charge in [-0.1, -0.05) is 31.2 Å². The van der Waals surface area contributed by atoms with Gasteiger partial charge in [-0.15, -0.1) is 0 Å². The van der Waals surface area contributed by atoms with Gasteiger partial charge in [0.2, 0.25) is 0 Å². The van der Waals surface area contributed by atoms with Crippen LogP contribution < -0.4 is 10.6 Å². The summed E-state index contributed by atoms with van der Waals surface area (Å²) in [5, 5.41) is 7.01. The Morgan fingerprint density at radius 1 is 1.03 bits per heavy atom. The molecular formula is C23H39N5O. The zero-order valence-corrected chi connectivity index (χ0v) is 18.3. The van der Waals surface area contributed by atoms with Crippen LogP contribution in [-0.4, -0.2) is 74.3 Å². The van der Waals surface area contributed by atoms with Crippen LogP contribution in [0.3, 0.4) is 0 Å². The first kappa shape index (κ1) is 22.1.